The lowest BCUT2D eigenvalue weighted by molar-refractivity contribution is 0.167. The van der Waals surface area contributed by atoms with E-state index in [-0.39, 0.29) is 5.54 Å². The summed E-state index contributed by atoms with van der Waals surface area (Å²) >= 11 is 0. The maximum absolute atomic E-state index is 3.54. The van der Waals surface area contributed by atoms with E-state index in [9.17, 15) is 0 Å². The standard InChI is InChI=1S/C15H25N3/c1-14(2,3)18-11-12-10-15(5-4-13(12)17-18)6-8-16-9-7-15/h4,11,16-17H,5-10H2,1-3H3. The molecule has 0 saturated carbocycles. The van der Waals surface area contributed by atoms with Crippen LogP contribution in [0.15, 0.2) is 23.5 Å². The van der Waals surface area contributed by atoms with Gasteiger partial charge in [0.2, 0.25) is 0 Å². The average Bonchev–Trinajstić information content (AvgIpc) is 2.72. The molecule has 100 valence electrons. The van der Waals surface area contributed by atoms with Gasteiger partial charge >= 0.3 is 0 Å². The fourth-order valence-corrected chi connectivity index (χ4v) is 3.27. The van der Waals surface area contributed by atoms with Crippen LogP contribution in [0.5, 0.6) is 0 Å². The third-order valence-corrected chi connectivity index (χ3v) is 4.56. The second-order valence-electron chi connectivity index (χ2n) is 7.06. The molecule has 3 nitrogen and oxygen atoms in total. The summed E-state index contributed by atoms with van der Waals surface area (Å²) in [5.74, 6) is 0. The van der Waals surface area contributed by atoms with Crippen molar-refractivity contribution in [3.8, 4) is 0 Å². The molecule has 1 spiro atoms. The third kappa shape index (κ3) is 2.05. The lowest BCUT2D eigenvalue weighted by atomic mass is 9.69. The Morgan fingerprint density at radius 1 is 1.22 bits per heavy atom. The maximum atomic E-state index is 3.54. The molecule has 1 saturated heterocycles. The first-order valence-electron chi connectivity index (χ1n) is 7.17. The Hall–Kier alpha value is -0.960. The highest BCUT2D eigenvalue weighted by Crippen LogP contribution is 2.46. The van der Waals surface area contributed by atoms with Crippen molar-refractivity contribution >= 4 is 0 Å². The summed E-state index contributed by atoms with van der Waals surface area (Å²) in [6, 6.07) is 0. The summed E-state index contributed by atoms with van der Waals surface area (Å²) in [7, 11) is 0. The third-order valence-electron chi connectivity index (χ3n) is 4.56. The Balaban J connectivity index is 1.81. The highest BCUT2D eigenvalue weighted by molar-refractivity contribution is 5.37. The van der Waals surface area contributed by atoms with Gasteiger partial charge in [0, 0.05) is 6.20 Å². The minimum atomic E-state index is 0.145. The van der Waals surface area contributed by atoms with Crippen molar-refractivity contribution in [3.63, 3.8) is 0 Å². The van der Waals surface area contributed by atoms with Crippen LogP contribution in [0.4, 0.5) is 0 Å². The molecule has 2 heterocycles. The van der Waals surface area contributed by atoms with Gasteiger partial charge in [0.15, 0.2) is 0 Å². The molecule has 0 atom stereocenters. The van der Waals surface area contributed by atoms with Gasteiger partial charge in [-0.2, -0.15) is 0 Å². The molecule has 0 bridgehead atoms. The summed E-state index contributed by atoms with van der Waals surface area (Å²) in [5.41, 5.74) is 7.09. The van der Waals surface area contributed by atoms with Crippen molar-refractivity contribution in [2.75, 3.05) is 13.1 Å². The minimum absolute atomic E-state index is 0.145. The van der Waals surface area contributed by atoms with E-state index in [0.29, 0.717) is 5.41 Å². The molecule has 0 amide bonds. The molecule has 2 aliphatic heterocycles. The summed E-state index contributed by atoms with van der Waals surface area (Å²) < 4.78 is 0. The highest BCUT2D eigenvalue weighted by atomic mass is 15.5. The van der Waals surface area contributed by atoms with E-state index >= 15 is 0 Å². The highest BCUT2D eigenvalue weighted by Gasteiger charge is 2.38. The Bertz CT molecular complexity index is 394. The molecule has 0 radical (unpaired) electrons. The first-order valence-corrected chi connectivity index (χ1v) is 7.17. The van der Waals surface area contributed by atoms with Crippen LogP contribution < -0.4 is 10.7 Å². The number of allylic oxidation sites excluding steroid dienone is 2. The van der Waals surface area contributed by atoms with E-state index < -0.39 is 0 Å². The van der Waals surface area contributed by atoms with Gasteiger partial charge in [-0.3, -0.25) is 10.4 Å². The average molecular weight is 247 g/mol. The maximum Gasteiger partial charge on any atom is 0.0549 e. The van der Waals surface area contributed by atoms with Gasteiger partial charge in [-0.25, -0.2) is 0 Å². The summed E-state index contributed by atoms with van der Waals surface area (Å²) in [5, 5.41) is 5.74. The quantitative estimate of drug-likeness (QED) is 0.689. The van der Waals surface area contributed by atoms with E-state index in [1.54, 1.807) is 0 Å². The van der Waals surface area contributed by atoms with E-state index in [1.807, 2.05) is 0 Å². The molecule has 3 rings (SSSR count). The van der Waals surface area contributed by atoms with Crippen LogP contribution in [0.3, 0.4) is 0 Å². The zero-order valence-corrected chi connectivity index (χ0v) is 11.8. The fourth-order valence-electron chi connectivity index (χ4n) is 3.27. The first kappa shape index (κ1) is 12.1. The number of nitrogens with zero attached hydrogens (tertiary/aromatic N) is 1. The predicted octanol–water partition coefficient (Wildman–Crippen LogP) is 2.54. The number of hydrogen-bond acceptors (Lipinski definition) is 3. The number of fused-ring (bicyclic) bond motifs is 1. The zero-order chi connectivity index (χ0) is 12.8. The lowest BCUT2D eigenvalue weighted by Gasteiger charge is -2.40. The Morgan fingerprint density at radius 2 is 1.94 bits per heavy atom. The second-order valence-corrected chi connectivity index (χ2v) is 7.06. The monoisotopic (exact) mass is 247 g/mol. The van der Waals surface area contributed by atoms with E-state index in [2.05, 4.69) is 48.8 Å². The Labute approximate surface area is 110 Å². The molecule has 0 unspecified atom stereocenters. The molecule has 1 aliphatic carbocycles. The normalized spacial score (nSPS) is 26.5. The van der Waals surface area contributed by atoms with Crippen molar-refractivity contribution in [3.05, 3.63) is 23.5 Å². The minimum Gasteiger partial charge on any atom is -0.317 e. The van der Waals surface area contributed by atoms with Crippen molar-refractivity contribution in [2.45, 2.75) is 52.0 Å². The van der Waals surface area contributed by atoms with E-state index in [1.165, 1.54) is 50.0 Å². The lowest BCUT2D eigenvalue weighted by Crippen LogP contribution is -2.43. The predicted molar refractivity (Wildman–Crippen MR) is 74.7 cm³/mol. The van der Waals surface area contributed by atoms with Gasteiger partial charge < -0.3 is 5.32 Å². The first-order chi connectivity index (χ1) is 8.49. The molecular formula is C15H25N3. The van der Waals surface area contributed by atoms with Crippen LogP contribution in [-0.4, -0.2) is 23.6 Å². The van der Waals surface area contributed by atoms with Crippen LogP contribution >= 0.6 is 0 Å². The van der Waals surface area contributed by atoms with Gasteiger partial charge in [0.05, 0.1) is 11.2 Å². The van der Waals surface area contributed by atoms with Gasteiger partial charge in [-0.1, -0.05) is 6.08 Å². The Kier molecular flexibility index (Phi) is 2.70. The largest absolute Gasteiger partial charge is 0.317 e. The summed E-state index contributed by atoms with van der Waals surface area (Å²) in [6.45, 7) is 9.11. The molecule has 18 heavy (non-hydrogen) atoms. The SMILES string of the molecule is CC(C)(C)N1C=C2CC3(CC=C2N1)CCNCC3. The molecule has 2 N–H and O–H groups in total. The van der Waals surface area contributed by atoms with Crippen LogP contribution in [0.25, 0.3) is 0 Å². The van der Waals surface area contributed by atoms with Crippen molar-refractivity contribution < 1.29 is 0 Å². The van der Waals surface area contributed by atoms with Gasteiger partial charge in [0.1, 0.15) is 0 Å². The molecule has 0 aromatic heterocycles. The van der Waals surface area contributed by atoms with Gasteiger partial charge in [-0.05, 0) is 70.5 Å². The molecule has 0 aromatic rings. The van der Waals surface area contributed by atoms with Gasteiger partial charge in [0.25, 0.3) is 0 Å². The van der Waals surface area contributed by atoms with Crippen LogP contribution in [-0.2, 0) is 0 Å². The smallest absolute Gasteiger partial charge is 0.0549 e. The van der Waals surface area contributed by atoms with Crippen LogP contribution in [0.1, 0.15) is 46.5 Å². The number of hydrogen-bond donors (Lipinski definition) is 2. The van der Waals surface area contributed by atoms with E-state index in [4.69, 9.17) is 0 Å². The second kappa shape index (κ2) is 4.02. The number of hydrazine groups is 1. The fraction of sp³-hybridized carbons (Fsp3) is 0.733. The topological polar surface area (TPSA) is 27.3 Å². The Morgan fingerprint density at radius 3 is 2.61 bits per heavy atom. The van der Waals surface area contributed by atoms with Crippen LogP contribution in [0, 0.1) is 5.41 Å². The molecule has 3 aliphatic rings. The van der Waals surface area contributed by atoms with Crippen molar-refractivity contribution in [2.24, 2.45) is 5.41 Å². The summed E-state index contributed by atoms with van der Waals surface area (Å²) in [4.78, 5) is 0. The zero-order valence-electron chi connectivity index (χ0n) is 11.8. The number of piperidine rings is 1. The van der Waals surface area contributed by atoms with E-state index in [0.717, 1.165) is 0 Å². The molecular weight excluding hydrogens is 222 g/mol. The molecule has 1 fully saturated rings. The van der Waals surface area contributed by atoms with Crippen molar-refractivity contribution in [1.82, 2.24) is 15.8 Å². The van der Waals surface area contributed by atoms with Gasteiger partial charge in [-0.15, -0.1) is 0 Å². The molecule has 0 aromatic carbocycles. The molecule has 3 heteroatoms. The van der Waals surface area contributed by atoms with Crippen LogP contribution in [0.2, 0.25) is 0 Å². The number of nitrogens with one attached hydrogen (secondary N) is 2. The van der Waals surface area contributed by atoms with Crippen molar-refractivity contribution in [1.29, 1.82) is 0 Å². The number of rotatable bonds is 0. The summed E-state index contributed by atoms with van der Waals surface area (Å²) in [6.07, 6.45) is 9.89.